The minimum absolute atomic E-state index is 0.126. The number of hydrogen-bond acceptors (Lipinski definition) is 3. The molecule has 4 heteroatoms. The Morgan fingerprint density at radius 3 is 3.00 bits per heavy atom. The summed E-state index contributed by atoms with van der Waals surface area (Å²) in [5.74, 6) is 0.864. The van der Waals surface area contributed by atoms with Crippen LogP contribution in [-0.2, 0) is 0 Å². The van der Waals surface area contributed by atoms with E-state index >= 15 is 0 Å². The van der Waals surface area contributed by atoms with Gasteiger partial charge in [-0.1, -0.05) is 0 Å². The molecule has 2 N–H and O–H groups in total. The van der Waals surface area contributed by atoms with Gasteiger partial charge in [-0.3, -0.25) is 0 Å². The van der Waals surface area contributed by atoms with Crippen molar-refractivity contribution in [2.24, 2.45) is 0 Å². The number of halogens is 1. The van der Waals surface area contributed by atoms with E-state index < -0.39 is 0 Å². The van der Waals surface area contributed by atoms with Gasteiger partial charge < -0.3 is 14.8 Å². The molecular formula is C8H12BrNO2. The predicted molar refractivity (Wildman–Crippen MR) is 49.9 cm³/mol. The van der Waals surface area contributed by atoms with Gasteiger partial charge in [-0.25, -0.2) is 0 Å². The van der Waals surface area contributed by atoms with E-state index in [9.17, 15) is 0 Å². The molecule has 1 aromatic heterocycles. The summed E-state index contributed by atoms with van der Waals surface area (Å²) in [5.41, 5.74) is 0. The van der Waals surface area contributed by atoms with Crippen molar-refractivity contribution in [3.63, 3.8) is 0 Å². The van der Waals surface area contributed by atoms with Crippen LogP contribution in [0.5, 0.6) is 0 Å². The van der Waals surface area contributed by atoms with Gasteiger partial charge >= 0.3 is 0 Å². The van der Waals surface area contributed by atoms with Gasteiger partial charge in [0.2, 0.25) is 0 Å². The highest BCUT2D eigenvalue weighted by molar-refractivity contribution is 9.10. The zero-order valence-electron chi connectivity index (χ0n) is 6.88. The SMILES string of the molecule is CC(NCCO)c1occc1Br. The second-order valence-corrected chi connectivity index (χ2v) is 3.39. The topological polar surface area (TPSA) is 45.4 Å². The van der Waals surface area contributed by atoms with Gasteiger partial charge in [-0.15, -0.1) is 0 Å². The second-order valence-electron chi connectivity index (χ2n) is 2.53. The highest BCUT2D eigenvalue weighted by Gasteiger charge is 2.10. The molecule has 0 aliphatic heterocycles. The highest BCUT2D eigenvalue weighted by Crippen LogP contribution is 2.23. The Kier molecular flexibility index (Phi) is 3.78. The summed E-state index contributed by atoms with van der Waals surface area (Å²) in [7, 11) is 0. The molecule has 0 fully saturated rings. The lowest BCUT2D eigenvalue weighted by atomic mass is 10.2. The van der Waals surface area contributed by atoms with Crippen LogP contribution in [0.2, 0.25) is 0 Å². The third-order valence-corrected chi connectivity index (χ3v) is 2.26. The smallest absolute Gasteiger partial charge is 0.134 e. The second kappa shape index (κ2) is 4.64. The van der Waals surface area contributed by atoms with Crippen molar-refractivity contribution in [3.8, 4) is 0 Å². The van der Waals surface area contributed by atoms with E-state index in [0.717, 1.165) is 10.2 Å². The van der Waals surface area contributed by atoms with Crippen LogP contribution in [0, 0.1) is 0 Å². The van der Waals surface area contributed by atoms with Gasteiger partial charge in [0.05, 0.1) is 23.4 Å². The van der Waals surface area contributed by atoms with E-state index in [-0.39, 0.29) is 12.6 Å². The highest BCUT2D eigenvalue weighted by atomic mass is 79.9. The summed E-state index contributed by atoms with van der Waals surface area (Å²) in [4.78, 5) is 0. The zero-order valence-corrected chi connectivity index (χ0v) is 8.47. The van der Waals surface area contributed by atoms with Crippen LogP contribution in [-0.4, -0.2) is 18.3 Å². The fourth-order valence-electron chi connectivity index (χ4n) is 0.988. The third kappa shape index (κ3) is 2.33. The van der Waals surface area contributed by atoms with Gasteiger partial charge in [0.25, 0.3) is 0 Å². The van der Waals surface area contributed by atoms with Gasteiger partial charge in [0.15, 0.2) is 0 Å². The van der Waals surface area contributed by atoms with Gasteiger partial charge in [0.1, 0.15) is 5.76 Å². The molecule has 1 unspecified atom stereocenters. The number of rotatable bonds is 4. The van der Waals surface area contributed by atoms with Crippen LogP contribution in [0.1, 0.15) is 18.7 Å². The molecule has 0 radical (unpaired) electrons. The van der Waals surface area contributed by atoms with Crippen molar-refractivity contribution in [2.75, 3.05) is 13.2 Å². The van der Waals surface area contributed by atoms with Crippen LogP contribution < -0.4 is 5.32 Å². The number of nitrogens with one attached hydrogen (secondary N) is 1. The fourth-order valence-corrected chi connectivity index (χ4v) is 1.53. The largest absolute Gasteiger partial charge is 0.466 e. The monoisotopic (exact) mass is 233 g/mol. The summed E-state index contributed by atoms with van der Waals surface area (Å²) >= 11 is 3.36. The minimum atomic E-state index is 0.126. The van der Waals surface area contributed by atoms with Crippen LogP contribution in [0.4, 0.5) is 0 Å². The zero-order chi connectivity index (χ0) is 8.97. The number of hydrogen-bond donors (Lipinski definition) is 2. The Bertz CT molecular complexity index is 237. The molecule has 0 saturated heterocycles. The lowest BCUT2D eigenvalue weighted by Gasteiger charge is -2.09. The van der Waals surface area contributed by atoms with Crippen LogP contribution in [0.3, 0.4) is 0 Å². The molecule has 0 aromatic carbocycles. The molecule has 0 bridgehead atoms. The van der Waals surface area contributed by atoms with E-state index in [1.54, 1.807) is 6.26 Å². The summed E-state index contributed by atoms with van der Waals surface area (Å²) in [6.07, 6.45) is 1.64. The molecule has 1 aromatic rings. The Morgan fingerprint density at radius 1 is 1.75 bits per heavy atom. The van der Waals surface area contributed by atoms with Crippen molar-refractivity contribution < 1.29 is 9.52 Å². The normalized spacial score (nSPS) is 13.2. The molecule has 0 aliphatic rings. The summed E-state index contributed by atoms with van der Waals surface area (Å²) in [5, 5.41) is 11.7. The first-order valence-corrected chi connectivity index (χ1v) is 4.62. The Labute approximate surface area is 79.9 Å². The van der Waals surface area contributed by atoms with E-state index in [4.69, 9.17) is 9.52 Å². The van der Waals surface area contributed by atoms with Crippen LogP contribution in [0.15, 0.2) is 21.2 Å². The molecule has 3 nitrogen and oxygen atoms in total. The molecule has 1 atom stereocenters. The molecule has 0 amide bonds. The lowest BCUT2D eigenvalue weighted by molar-refractivity contribution is 0.281. The van der Waals surface area contributed by atoms with E-state index in [1.807, 2.05) is 13.0 Å². The van der Waals surface area contributed by atoms with Crippen molar-refractivity contribution >= 4 is 15.9 Å². The first kappa shape index (κ1) is 9.77. The Morgan fingerprint density at radius 2 is 2.50 bits per heavy atom. The molecular weight excluding hydrogens is 222 g/mol. The van der Waals surface area contributed by atoms with Gasteiger partial charge in [-0.2, -0.15) is 0 Å². The number of aliphatic hydroxyl groups excluding tert-OH is 1. The molecule has 0 spiro atoms. The fraction of sp³-hybridized carbons (Fsp3) is 0.500. The lowest BCUT2D eigenvalue weighted by Crippen LogP contribution is -2.21. The summed E-state index contributed by atoms with van der Waals surface area (Å²) in [6.45, 7) is 2.70. The Hall–Kier alpha value is -0.320. The maximum absolute atomic E-state index is 8.58. The van der Waals surface area contributed by atoms with E-state index in [1.165, 1.54) is 0 Å². The average Bonchev–Trinajstić information content (AvgIpc) is 2.47. The first-order valence-electron chi connectivity index (χ1n) is 3.83. The van der Waals surface area contributed by atoms with Gasteiger partial charge in [0, 0.05) is 6.54 Å². The quantitative estimate of drug-likeness (QED) is 0.833. The van der Waals surface area contributed by atoms with E-state index in [2.05, 4.69) is 21.2 Å². The average molecular weight is 234 g/mol. The molecule has 1 heterocycles. The van der Waals surface area contributed by atoms with Crippen molar-refractivity contribution in [1.29, 1.82) is 0 Å². The number of aliphatic hydroxyl groups is 1. The number of furan rings is 1. The van der Waals surface area contributed by atoms with Crippen LogP contribution in [0.25, 0.3) is 0 Å². The molecule has 12 heavy (non-hydrogen) atoms. The summed E-state index contributed by atoms with van der Waals surface area (Å²) < 4.78 is 6.19. The molecule has 68 valence electrons. The third-order valence-electron chi connectivity index (χ3n) is 1.60. The first-order chi connectivity index (χ1) is 5.75. The molecule has 0 aliphatic carbocycles. The molecule has 0 saturated carbocycles. The standard InChI is InChI=1S/C8H12BrNO2/c1-6(10-3-4-11)8-7(9)2-5-12-8/h2,5-6,10-11H,3-4H2,1H3. The van der Waals surface area contributed by atoms with Crippen LogP contribution >= 0.6 is 15.9 Å². The Balaban J connectivity index is 2.52. The van der Waals surface area contributed by atoms with Crippen molar-refractivity contribution in [1.82, 2.24) is 5.32 Å². The van der Waals surface area contributed by atoms with E-state index in [0.29, 0.717) is 6.54 Å². The van der Waals surface area contributed by atoms with Crippen molar-refractivity contribution in [2.45, 2.75) is 13.0 Å². The molecule has 1 rings (SSSR count). The van der Waals surface area contributed by atoms with Crippen molar-refractivity contribution in [3.05, 3.63) is 22.6 Å². The van der Waals surface area contributed by atoms with Gasteiger partial charge in [-0.05, 0) is 28.9 Å². The maximum atomic E-state index is 8.58. The minimum Gasteiger partial charge on any atom is -0.466 e. The summed E-state index contributed by atoms with van der Waals surface area (Å²) in [6, 6.07) is 1.98. The maximum Gasteiger partial charge on any atom is 0.134 e. The predicted octanol–water partition coefficient (Wildman–Crippen LogP) is 1.69.